The number of ether oxygens (including phenoxy) is 2. The molecule has 3 rings (SSSR count). The van der Waals surface area contributed by atoms with Crippen molar-refractivity contribution in [2.75, 3.05) is 6.61 Å². The fourth-order valence-corrected chi connectivity index (χ4v) is 3.61. The number of para-hydroxylation sites is 1. The van der Waals surface area contributed by atoms with Gasteiger partial charge in [-0.2, -0.15) is 0 Å². The van der Waals surface area contributed by atoms with Crippen molar-refractivity contribution in [3.63, 3.8) is 0 Å². The van der Waals surface area contributed by atoms with Crippen LogP contribution in [0.25, 0.3) is 6.08 Å². The van der Waals surface area contributed by atoms with Crippen LogP contribution in [0.4, 0.5) is 0 Å². The highest BCUT2D eigenvalue weighted by Crippen LogP contribution is 2.30. The molecule has 1 amide bonds. The number of carbonyl (C=O) groups excluding carboxylic acids is 2. The molecular formula is C21H27NO4. The van der Waals surface area contributed by atoms with Crippen molar-refractivity contribution in [2.24, 2.45) is 11.8 Å². The van der Waals surface area contributed by atoms with Gasteiger partial charge in [-0.15, -0.1) is 0 Å². The fourth-order valence-electron chi connectivity index (χ4n) is 3.61. The SMILES string of the molecule is C[C@H]1[C@@H](NC(=O)[C@@H](C)OC(=O)C2=Cc3ccccc3OC2)CCC[C@@H]1C. The van der Waals surface area contributed by atoms with Crippen LogP contribution >= 0.6 is 0 Å². The number of hydrogen-bond donors (Lipinski definition) is 1. The lowest BCUT2D eigenvalue weighted by Crippen LogP contribution is -2.47. The van der Waals surface area contributed by atoms with Crippen LogP contribution in [0.2, 0.25) is 0 Å². The summed E-state index contributed by atoms with van der Waals surface area (Å²) in [5.74, 6) is 1.03. The molecule has 2 aliphatic rings. The van der Waals surface area contributed by atoms with Crippen LogP contribution in [0, 0.1) is 11.8 Å². The van der Waals surface area contributed by atoms with Gasteiger partial charge in [-0.3, -0.25) is 4.79 Å². The van der Waals surface area contributed by atoms with E-state index in [-0.39, 0.29) is 18.6 Å². The molecule has 0 aromatic heterocycles. The fraction of sp³-hybridized carbons (Fsp3) is 0.524. The minimum absolute atomic E-state index is 0.150. The zero-order chi connectivity index (χ0) is 18.7. The van der Waals surface area contributed by atoms with Gasteiger partial charge in [0.05, 0.1) is 5.57 Å². The van der Waals surface area contributed by atoms with E-state index in [9.17, 15) is 9.59 Å². The molecule has 1 saturated carbocycles. The average molecular weight is 357 g/mol. The van der Waals surface area contributed by atoms with Crippen molar-refractivity contribution in [3.8, 4) is 5.75 Å². The second kappa shape index (κ2) is 7.94. The van der Waals surface area contributed by atoms with Crippen molar-refractivity contribution < 1.29 is 19.1 Å². The summed E-state index contributed by atoms with van der Waals surface area (Å²) in [6.45, 7) is 6.16. The standard InChI is InChI=1S/C21H27NO4/c1-13-7-6-9-18(14(13)2)22-20(23)15(3)26-21(24)17-11-16-8-4-5-10-19(16)25-12-17/h4-5,8,10-11,13-15,18H,6-7,9,12H2,1-3H3,(H,22,23)/t13-,14+,15+,18-/m0/s1. The second-order valence-corrected chi connectivity index (χ2v) is 7.43. The molecule has 140 valence electrons. The summed E-state index contributed by atoms with van der Waals surface area (Å²) in [5.41, 5.74) is 1.26. The van der Waals surface area contributed by atoms with Gasteiger partial charge in [0, 0.05) is 11.6 Å². The van der Waals surface area contributed by atoms with Crippen molar-refractivity contribution in [3.05, 3.63) is 35.4 Å². The number of nitrogens with one attached hydrogen (secondary N) is 1. The summed E-state index contributed by atoms with van der Waals surface area (Å²) in [6.07, 6.45) is 4.23. The Hall–Kier alpha value is -2.30. The van der Waals surface area contributed by atoms with Gasteiger partial charge in [0.1, 0.15) is 12.4 Å². The number of benzene rings is 1. The summed E-state index contributed by atoms with van der Waals surface area (Å²) >= 11 is 0. The Kier molecular flexibility index (Phi) is 5.64. The molecule has 1 aliphatic heterocycles. The molecule has 26 heavy (non-hydrogen) atoms. The van der Waals surface area contributed by atoms with Gasteiger partial charge in [-0.25, -0.2) is 4.79 Å². The normalized spacial score (nSPS) is 26.0. The molecule has 1 N–H and O–H groups in total. The lowest BCUT2D eigenvalue weighted by Gasteiger charge is -2.35. The highest BCUT2D eigenvalue weighted by Gasteiger charge is 2.30. The van der Waals surface area contributed by atoms with Gasteiger partial charge >= 0.3 is 5.97 Å². The predicted octanol–water partition coefficient (Wildman–Crippen LogP) is 3.34. The minimum Gasteiger partial charge on any atom is -0.488 e. The van der Waals surface area contributed by atoms with Gasteiger partial charge in [0.2, 0.25) is 0 Å². The van der Waals surface area contributed by atoms with Crippen LogP contribution in [0.3, 0.4) is 0 Å². The Labute approximate surface area is 154 Å². The maximum atomic E-state index is 12.4. The topological polar surface area (TPSA) is 64.6 Å². The van der Waals surface area contributed by atoms with Crippen molar-refractivity contribution in [1.82, 2.24) is 5.32 Å². The zero-order valence-electron chi connectivity index (χ0n) is 15.7. The van der Waals surface area contributed by atoms with Crippen LogP contribution in [0.15, 0.2) is 29.8 Å². The molecule has 0 unspecified atom stereocenters. The summed E-state index contributed by atoms with van der Waals surface area (Å²) in [4.78, 5) is 24.8. The first-order chi connectivity index (χ1) is 12.5. The molecule has 0 radical (unpaired) electrons. The summed E-state index contributed by atoms with van der Waals surface area (Å²) in [6, 6.07) is 7.65. The van der Waals surface area contributed by atoms with Crippen LogP contribution in [0.1, 0.15) is 45.6 Å². The smallest absolute Gasteiger partial charge is 0.338 e. The van der Waals surface area contributed by atoms with Crippen molar-refractivity contribution in [2.45, 2.75) is 52.2 Å². The van der Waals surface area contributed by atoms with Crippen LogP contribution in [-0.2, 0) is 14.3 Å². The van der Waals surface area contributed by atoms with Crippen LogP contribution in [0.5, 0.6) is 5.75 Å². The monoisotopic (exact) mass is 357 g/mol. The van der Waals surface area contributed by atoms with Crippen LogP contribution < -0.4 is 10.1 Å². The Morgan fingerprint density at radius 3 is 2.81 bits per heavy atom. The highest BCUT2D eigenvalue weighted by molar-refractivity contribution is 5.96. The van der Waals surface area contributed by atoms with Gasteiger partial charge in [0.25, 0.3) is 5.91 Å². The quantitative estimate of drug-likeness (QED) is 0.840. The molecule has 5 heteroatoms. The third-order valence-electron chi connectivity index (χ3n) is 5.58. The zero-order valence-corrected chi connectivity index (χ0v) is 15.7. The van der Waals surface area contributed by atoms with Gasteiger partial charge in [-0.1, -0.05) is 44.9 Å². The van der Waals surface area contributed by atoms with Crippen molar-refractivity contribution >= 4 is 18.0 Å². The molecular weight excluding hydrogens is 330 g/mol. The summed E-state index contributed by atoms with van der Waals surface area (Å²) < 4.78 is 10.9. The minimum atomic E-state index is -0.829. The lowest BCUT2D eigenvalue weighted by molar-refractivity contribution is -0.152. The van der Waals surface area contributed by atoms with Crippen LogP contribution in [-0.4, -0.2) is 30.6 Å². The van der Waals surface area contributed by atoms with E-state index >= 15 is 0 Å². The van der Waals surface area contributed by atoms with E-state index in [1.807, 2.05) is 24.3 Å². The van der Waals surface area contributed by atoms with Gasteiger partial charge in [-0.05, 0) is 37.3 Å². The molecule has 0 bridgehead atoms. The first-order valence-electron chi connectivity index (χ1n) is 9.39. The Balaban J connectivity index is 1.57. The van der Waals surface area contributed by atoms with E-state index in [1.54, 1.807) is 13.0 Å². The summed E-state index contributed by atoms with van der Waals surface area (Å²) in [7, 11) is 0. The molecule has 1 fully saturated rings. The van der Waals surface area contributed by atoms with E-state index in [0.717, 1.165) is 24.2 Å². The molecule has 0 saturated heterocycles. The Morgan fingerprint density at radius 1 is 1.23 bits per heavy atom. The highest BCUT2D eigenvalue weighted by atomic mass is 16.6. The van der Waals surface area contributed by atoms with E-state index in [4.69, 9.17) is 9.47 Å². The number of hydrogen-bond acceptors (Lipinski definition) is 4. The molecule has 1 aromatic carbocycles. The second-order valence-electron chi connectivity index (χ2n) is 7.43. The maximum Gasteiger partial charge on any atom is 0.338 e. The number of esters is 1. The number of fused-ring (bicyclic) bond motifs is 1. The number of rotatable bonds is 4. The lowest BCUT2D eigenvalue weighted by atomic mass is 9.78. The van der Waals surface area contributed by atoms with Gasteiger partial charge < -0.3 is 14.8 Å². The van der Waals surface area contributed by atoms with Crippen molar-refractivity contribution in [1.29, 1.82) is 0 Å². The Morgan fingerprint density at radius 2 is 2.00 bits per heavy atom. The van der Waals surface area contributed by atoms with Gasteiger partial charge in [0.15, 0.2) is 6.10 Å². The predicted molar refractivity (Wildman–Crippen MR) is 99.6 cm³/mol. The Bertz CT molecular complexity index is 712. The maximum absolute atomic E-state index is 12.4. The molecule has 4 atom stereocenters. The van der Waals surface area contributed by atoms with E-state index < -0.39 is 12.1 Å². The van der Waals surface area contributed by atoms with E-state index in [2.05, 4.69) is 19.2 Å². The number of carbonyl (C=O) groups is 2. The first kappa shape index (κ1) is 18.5. The molecule has 1 aromatic rings. The average Bonchev–Trinajstić information content (AvgIpc) is 2.64. The third kappa shape index (κ3) is 4.09. The molecule has 0 spiro atoms. The third-order valence-corrected chi connectivity index (χ3v) is 5.58. The first-order valence-corrected chi connectivity index (χ1v) is 9.39. The number of amides is 1. The largest absolute Gasteiger partial charge is 0.488 e. The molecule has 1 heterocycles. The van der Waals surface area contributed by atoms with E-state index in [1.165, 1.54) is 6.42 Å². The molecule has 5 nitrogen and oxygen atoms in total. The molecule has 1 aliphatic carbocycles. The summed E-state index contributed by atoms with van der Waals surface area (Å²) in [5, 5.41) is 3.06. The van der Waals surface area contributed by atoms with E-state index in [0.29, 0.717) is 17.4 Å².